The molecule has 0 radical (unpaired) electrons. The topological polar surface area (TPSA) is 111 Å². The monoisotopic (exact) mass is 359 g/mol. The highest BCUT2D eigenvalue weighted by Gasteiger charge is 2.23. The largest absolute Gasteiger partial charge is 0.497 e. The number of carbonyl (C=O) groups excluding carboxylic acids is 1. The average Bonchev–Trinajstić information content (AvgIpc) is 2.61. The molecule has 0 fully saturated rings. The molecule has 0 aliphatic heterocycles. The van der Waals surface area contributed by atoms with Crippen LogP contribution in [0.4, 0.5) is 0 Å². The smallest absolute Gasteiger partial charge is 0.326 e. The maximum atomic E-state index is 12.1. The lowest BCUT2D eigenvalue weighted by atomic mass is 10.1. The number of amides is 1. The van der Waals surface area contributed by atoms with Gasteiger partial charge in [-0.1, -0.05) is 13.8 Å². The lowest BCUT2D eigenvalue weighted by Crippen LogP contribution is -2.46. The van der Waals surface area contributed by atoms with Crippen molar-refractivity contribution in [3.63, 3.8) is 0 Å². The highest BCUT2D eigenvalue weighted by atomic mass is 16.5. The van der Waals surface area contributed by atoms with Gasteiger partial charge in [0.2, 0.25) is 5.91 Å². The first-order valence-electron chi connectivity index (χ1n) is 8.05. The van der Waals surface area contributed by atoms with Gasteiger partial charge in [-0.05, 0) is 30.2 Å². The Hall–Kier alpha value is -3.16. The fourth-order valence-electron chi connectivity index (χ4n) is 2.37. The molecule has 0 aliphatic carbocycles. The van der Waals surface area contributed by atoms with Gasteiger partial charge in [0.25, 0.3) is 5.56 Å². The molecule has 0 bridgehead atoms. The molecule has 138 valence electrons. The van der Waals surface area contributed by atoms with E-state index in [2.05, 4.69) is 10.3 Å². The molecule has 1 amide bonds. The van der Waals surface area contributed by atoms with Gasteiger partial charge in [0.05, 0.1) is 19.0 Å². The summed E-state index contributed by atoms with van der Waals surface area (Å²) in [4.78, 5) is 39.4. The second-order valence-electron chi connectivity index (χ2n) is 6.09. The van der Waals surface area contributed by atoms with Gasteiger partial charge in [-0.3, -0.25) is 9.59 Å². The third-order valence-electron chi connectivity index (χ3n) is 3.82. The minimum absolute atomic E-state index is 0.277. The standard InChI is InChI=1S/C18H21N3O5/c1-11(2)17(18(24)25)20-15(22)10-21-9-14(19-8-16(21)23)12-4-6-13(26-3)7-5-12/h4-9,11,17H,10H2,1-3H3,(H,20,22)(H,24,25)/t17-/m0/s1. The number of aromatic nitrogens is 2. The van der Waals surface area contributed by atoms with E-state index < -0.39 is 23.5 Å². The Labute approximate surface area is 150 Å². The Kier molecular flexibility index (Phi) is 6.11. The number of carbonyl (C=O) groups is 2. The normalized spacial score (nSPS) is 11.8. The average molecular weight is 359 g/mol. The van der Waals surface area contributed by atoms with Crippen molar-refractivity contribution in [2.24, 2.45) is 5.92 Å². The van der Waals surface area contributed by atoms with Crippen LogP contribution in [0.2, 0.25) is 0 Å². The molecule has 8 nitrogen and oxygen atoms in total. The minimum Gasteiger partial charge on any atom is -0.497 e. The Morgan fingerprint density at radius 2 is 1.92 bits per heavy atom. The SMILES string of the molecule is COc1ccc(-c2cn(CC(=O)N[C@H](C(=O)O)C(C)C)c(=O)cn2)cc1. The van der Waals surface area contributed by atoms with Gasteiger partial charge in [0, 0.05) is 11.8 Å². The van der Waals surface area contributed by atoms with Gasteiger partial charge in [-0.25, -0.2) is 9.78 Å². The molecule has 1 atom stereocenters. The fourth-order valence-corrected chi connectivity index (χ4v) is 2.37. The summed E-state index contributed by atoms with van der Waals surface area (Å²) < 4.78 is 6.30. The van der Waals surface area contributed by atoms with Crippen LogP contribution in [0.5, 0.6) is 5.75 Å². The third kappa shape index (κ3) is 4.69. The van der Waals surface area contributed by atoms with E-state index in [9.17, 15) is 14.4 Å². The molecule has 2 rings (SSSR count). The molecule has 0 spiro atoms. The molecular weight excluding hydrogens is 338 g/mol. The van der Waals surface area contributed by atoms with Crippen LogP contribution < -0.4 is 15.6 Å². The second kappa shape index (κ2) is 8.28. The van der Waals surface area contributed by atoms with E-state index in [4.69, 9.17) is 9.84 Å². The lowest BCUT2D eigenvalue weighted by Gasteiger charge is -2.18. The zero-order valence-electron chi connectivity index (χ0n) is 14.8. The quantitative estimate of drug-likeness (QED) is 0.767. The van der Waals surface area contributed by atoms with Crippen molar-refractivity contribution in [1.29, 1.82) is 0 Å². The van der Waals surface area contributed by atoms with Crippen LogP contribution in [0, 0.1) is 5.92 Å². The summed E-state index contributed by atoms with van der Waals surface area (Å²) in [5.74, 6) is -1.26. The molecule has 1 heterocycles. The summed E-state index contributed by atoms with van der Waals surface area (Å²) in [7, 11) is 1.56. The van der Waals surface area contributed by atoms with Gasteiger partial charge in [0.1, 0.15) is 18.3 Å². The van der Waals surface area contributed by atoms with Crippen molar-refractivity contribution in [2.45, 2.75) is 26.4 Å². The van der Waals surface area contributed by atoms with E-state index >= 15 is 0 Å². The summed E-state index contributed by atoms with van der Waals surface area (Å²) in [5.41, 5.74) is 0.818. The first-order chi connectivity index (χ1) is 12.3. The number of hydrogen-bond acceptors (Lipinski definition) is 5. The molecule has 0 saturated heterocycles. The van der Waals surface area contributed by atoms with Crippen molar-refractivity contribution < 1.29 is 19.4 Å². The van der Waals surface area contributed by atoms with E-state index in [-0.39, 0.29) is 12.5 Å². The van der Waals surface area contributed by atoms with E-state index in [1.54, 1.807) is 45.2 Å². The summed E-state index contributed by atoms with van der Waals surface area (Å²) in [6.45, 7) is 3.10. The fraction of sp³-hybridized carbons (Fsp3) is 0.333. The number of carboxylic acid groups (broad SMARTS) is 1. The summed E-state index contributed by atoms with van der Waals surface area (Å²) >= 11 is 0. The van der Waals surface area contributed by atoms with Gasteiger partial charge in [0.15, 0.2) is 0 Å². The molecule has 2 aromatic rings. The highest BCUT2D eigenvalue weighted by Crippen LogP contribution is 2.19. The zero-order chi connectivity index (χ0) is 19.3. The maximum absolute atomic E-state index is 12.1. The van der Waals surface area contributed by atoms with Crippen molar-refractivity contribution in [3.8, 4) is 17.0 Å². The van der Waals surface area contributed by atoms with Gasteiger partial charge >= 0.3 is 5.97 Å². The second-order valence-corrected chi connectivity index (χ2v) is 6.09. The molecule has 0 unspecified atom stereocenters. The van der Waals surface area contributed by atoms with Crippen molar-refractivity contribution in [2.75, 3.05) is 7.11 Å². The number of methoxy groups -OCH3 is 1. The Balaban J connectivity index is 2.20. The number of nitrogens with one attached hydrogen (secondary N) is 1. The van der Waals surface area contributed by atoms with E-state index in [0.717, 1.165) is 11.8 Å². The van der Waals surface area contributed by atoms with Crippen LogP contribution in [-0.4, -0.2) is 39.7 Å². The number of rotatable bonds is 7. The number of carboxylic acids is 1. The number of hydrogen-bond donors (Lipinski definition) is 2. The maximum Gasteiger partial charge on any atom is 0.326 e. The molecular formula is C18H21N3O5. The Morgan fingerprint density at radius 3 is 2.46 bits per heavy atom. The van der Waals surface area contributed by atoms with E-state index in [1.165, 1.54) is 10.8 Å². The summed E-state index contributed by atoms with van der Waals surface area (Å²) in [5, 5.41) is 11.6. The van der Waals surface area contributed by atoms with Crippen LogP contribution in [0.1, 0.15) is 13.8 Å². The number of benzene rings is 1. The summed E-state index contributed by atoms with van der Waals surface area (Å²) in [6.07, 6.45) is 2.60. The number of aliphatic carboxylic acids is 1. The zero-order valence-corrected chi connectivity index (χ0v) is 14.8. The molecule has 26 heavy (non-hydrogen) atoms. The van der Waals surface area contributed by atoms with Crippen LogP contribution in [0.15, 0.2) is 41.5 Å². The van der Waals surface area contributed by atoms with Crippen LogP contribution in [0.3, 0.4) is 0 Å². The van der Waals surface area contributed by atoms with Crippen LogP contribution >= 0.6 is 0 Å². The molecule has 1 aromatic heterocycles. The van der Waals surface area contributed by atoms with Crippen LogP contribution in [-0.2, 0) is 16.1 Å². The molecule has 1 aromatic carbocycles. The third-order valence-corrected chi connectivity index (χ3v) is 3.82. The lowest BCUT2D eigenvalue weighted by molar-refractivity contribution is -0.143. The first kappa shape index (κ1) is 19.2. The van der Waals surface area contributed by atoms with Gasteiger partial charge in [-0.15, -0.1) is 0 Å². The van der Waals surface area contributed by atoms with Crippen LogP contribution in [0.25, 0.3) is 11.3 Å². The molecule has 0 aliphatic rings. The predicted molar refractivity (Wildman–Crippen MR) is 94.9 cm³/mol. The van der Waals surface area contributed by atoms with Crippen molar-refractivity contribution in [1.82, 2.24) is 14.9 Å². The number of ether oxygens (including phenoxy) is 1. The van der Waals surface area contributed by atoms with Gasteiger partial charge < -0.3 is 19.7 Å². The molecule has 2 N–H and O–H groups in total. The highest BCUT2D eigenvalue weighted by molar-refractivity contribution is 5.83. The molecule has 0 saturated carbocycles. The van der Waals surface area contributed by atoms with E-state index in [1.807, 2.05) is 0 Å². The van der Waals surface area contributed by atoms with E-state index in [0.29, 0.717) is 11.4 Å². The van der Waals surface area contributed by atoms with Crippen molar-refractivity contribution in [3.05, 3.63) is 47.0 Å². The summed E-state index contributed by atoms with van der Waals surface area (Å²) in [6, 6.07) is 6.09. The minimum atomic E-state index is -1.12. The predicted octanol–water partition coefficient (Wildman–Crippen LogP) is 1.14. The number of nitrogens with zero attached hydrogens (tertiary/aromatic N) is 2. The molecule has 8 heteroatoms. The Morgan fingerprint density at radius 1 is 1.27 bits per heavy atom. The van der Waals surface area contributed by atoms with Crippen molar-refractivity contribution >= 4 is 11.9 Å². The van der Waals surface area contributed by atoms with Gasteiger partial charge in [-0.2, -0.15) is 0 Å². The Bertz CT molecular complexity index is 843. The first-order valence-corrected chi connectivity index (χ1v) is 8.05.